The van der Waals surface area contributed by atoms with Crippen LogP contribution >= 0.6 is 0 Å². The smallest absolute Gasteiger partial charge is 0.272 e. The number of amides is 1. The van der Waals surface area contributed by atoms with Crippen LogP contribution in [0.15, 0.2) is 47.0 Å². The Balaban J connectivity index is 1.58. The summed E-state index contributed by atoms with van der Waals surface area (Å²) >= 11 is 0. The normalized spacial score (nSPS) is 17.4. The van der Waals surface area contributed by atoms with E-state index in [2.05, 4.69) is 15.4 Å². The highest BCUT2D eigenvalue weighted by Gasteiger charge is 2.33. The van der Waals surface area contributed by atoms with Crippen molar-refractivity contribution in [2.45, 2.75) is 25.8 Å². The number of aryl methyl sites for hydroxylation is 1. The molecule has 0 unspecified atom stereocenters. The van der Waals surface area contributed by atoms with Crippen LogP contribution in [-0.2, 0) is 0 Å². The van der Waals surface area contributed by atoms with E-state index in [1.165, 1.54) is 0 Å². The van der Waals surface area contributed by atoms with Gasteiger partial charge in [0.1, 0.15) is 5.69 Å². The van der Waals surface area contributed by atoms with Crippen LogP contribution in [0, 0.1) is 6.92 Å². The number of aromatic amines is 1. The Morgan fingerprint density at radius 1 is 1.29 bits per heavy atom. The van der Waals surface area contributed by atoms with E-state index < -0.39 is 0 Å². The van der Waals surface area contributed by atoms with Crippen LogP contribution in [0.2, 0.25) is 0 Å². The quantitative estimate of drug-likeness (QED) is 0.802. The summed E-state index contributed by atoms with van der Waals surface area (Å²) in [6, 6.07) is 13.5. The standard InChI is InChI=1S/C18H18N4O2/c1-12-10-17(24-21-12)16-8-5-9-22(16)18(23)15-11-14(19-20-15)13-6-3-2-4-7-13/h2-4,6-7,10-11,16H,5,8-9H2,1H3,(H,19,20)/t16-/m0/s1. The Kier molecular flexibility index (Phi) is 3.65. The highest BCUT2D eigenvalue weighted by Crippen LogP contribution is 2.33. The van der Waals surface area contributed by atoms with Gasteiger partial charge >= 0.3 is 0 Å². The van der Waals surface area contributed by atoms with Gasteiger partial charge in [-0.3, -0.25) is 9.89 Å². The molecule has 6 nitrogen and oxygen atoms in total. The molecule has 0 radical (unpaired) electrons. The largest absolute Gasteiger partial charge is 0.359 e. The molecule has 1 aliphatic heterocycles. The van der Waals surface area contributed by atoms with Gasteiger partial charge in [0.15, 0.2) is 5.76 Å². The highest BCUT2D eigenvalue weighted by molar-refractivity contribution is 5.93. The maximum Gasteiger partial charge on any atom is 0.272 e. The molecule has 0 saturated carbocycles. The van der Waals surface area contributed by atoms with Gasteiger partial charge < -0.3 is 9.42 Å². The number of hydrogen-bond acceptors (Lipinski definition) is 4. The van der Waals surface area contributed by atoms with E-state index in [1.807, 2.05) is 48.2 Å². The molecular formula is C18H18N4O2. The average molecular weight is 322 g/mol. The van der Waals surface area contributed by atoms with E-state index in [0.29, 0.717) is 12.2 Å². The first-order valence-corrected chi connectivity index (χ1v) is 8.07. The van der Waals surface area contributed by atoms with E-state index in [4.69, 9.17) is 4.52 Å². The predicted octanol–water partition coefficient (Wildman–Crippen LogP) is 3.35. The highest BCUT2D eigenvalue weighted by atomic mass is 16.5. The molecule has 1 aromatic carbocycles. The second-order valence-corrected chi connectivity index (χ2v) is 6.06. The molecule has 1 atom stereocenters. The summed E-state index contributed by atoms with van der Waals surface area (Å²) in [6.07, 6.45) is 1.84. The number of carbonyl (C=O) groups excluding carboxylic acids is 1. The van der Waals surface area contributed by atoms with Gasteiger partial charge in [-0.25, -0.2) is 0 Å². The lowest BCUT2D eigenvalue weighted by atomic mass is 10.1. The van der Waals surface area contributed by atoms with Gasteiger partial charge in [-0.2, -0.15) is 5.10 Å². The van der Waals surface area contributed by atoms with Crippen molar-refractivity contribution in [3.63, 3.8) is 0 Å². The van der Waals surface area contributed by atoms with Crippen LogP contribution in [0.4, 0.5) is 0 Å². The van der Waals surface area contributed by atoms with Crippen molar-refractivity contribution in [3.05, 3.63) is 59.6 Å². The predicted molar refractivity (Wildman–Crippen MR) is 88.3 cm³/mol. The molecule has 0 aliphatic carbocycles. The van der Waals surface area contributed by atoms with Gasteiger partial charge in [0.2, 0.25) is 0 Å². The lowest BCUT2D eigenvalue weighted by Gasteiger charge is -2.21. The van der Waals surface area contributed by atoms with Gasteiger partial charge in [0, 0.05) is 18.2 Å². The molecule has 1 N–H and O–H groups in total. The number of nitrogens with one attached hydrogen (secondary N) is 1. The second-order valence-electron chi connectivity index (χ2n) is 6.06. The molecule has 1 amide bonds. The van der Waals surface area contributed by atoms with Crippen molar-refractivity contribution in [1.82, 2.24) is 20.3 Å². The maximum atomic E-state index is 12.9. The summed E-state index contributed by atoms with van der Waals surface area (Å²) in [4.78, 5) is 14.7. The lowest BCUT2D eigenvalue weighted by Crippen LogP contribution is -2.30. The Morgan fingerprint density at radius 3 is 2.88 bits per heavy atom. The molecule has 1 aliphatic rings. The number of aromatic nitrogens is 3. The van der Waals surface area contributed by atoms with Crippen LogP contribution in [0.25, 0.3) is 11.3 Å². The Bertz CT molecular complexity index is 853. The van der Waals surface area contributed by atoms with E-state index in [0.717, 1.165) is 35.6 Å². The first-order valence-electron chi connectivity index (χ1n) is 8.07. The second kappa shape index (κ2) is 5.96. The molecule has 1 fully saturated rings. The summed E-state index contributed by atoms with van der Waals surface area (Å²) in [5.41, 5.74) is 3.08. The van der Waals surface area contributed by atoms with Gasteiger partial charge in [0.05, 0.1) is 17.4 Å². The fourth-order valence-corrected chi connectivity index (χ4v) is 3.19. The lowest BCUT2D eigenvalue weighted by molar-refractivity contribution is 0.0708. The fourth-order valence-electron chi connectivity index (χ4n) is 3.19. The Labute approximate surface area is 139 Å². The van der Waals surface area contributed by atoms with Crippen LogP contribution in [0.5, 0.6) is 0 Å². The molecule has 3 heterocycles. The monoisotopic (exact) mass is 322 g/mol. The SMILES string of the molecule is Cc1cc([C@@H]2CCCN2C(=O)c2cc(-c3ccccc3)n[nH]2)on1. The zero-order valence-electron chi connectivity index (χ0n) is 13.4. The molecule has 0 spiro atoms. The Morgan fingerprint density at radius 2 is 2.12 bits per heavy atom. The summed E-state index contributed by atoms with van der Waals surface area (Å²) < 4.78 is 5.37. The number of nitrogens with zero attached hydrogens (tertiary/aromatic N) is 3. The third-order valence-corrected chi connectivity index (χ3v) is 4.37. The van der Waals surface area contributed by atoms with E-state index in [9.17, 15) is 4.79 Å². The van der Waals surface area contributed by atoms with Crippen molar-refractivity contribution >= 4 is 5.91 Å². The summed E-state index contributed by atoms with van der Waals surface area (Å²) in [5.74, 6) is 0.697. The number of rotatable bonds is 3. The molecule has 6 heteroatoms. The maximum absolute atomic E-state index is 12.9. The molecule has 122 valence electrons. The zero-order valence-corrected chi connectivity index (χ0v) is 13.4. The van der Waals surface area contributed by atoms with Gasteiger partial charge in [-0.15, -0.1) is 0 Å². The van der Waals surface area contributed by atoms with Crippen LogP contribution in [0.1, 0.15) is 40.8 Å². The molecule has 24 heavy (non-hydrogen) atoms. The minimum absolute atomic E-state index is 0.0535. The van der Waals surface area contributed by atoms with Gasteiger partial charge in [-0.05, 0) is 25.8 Å². The number of benzene rings is 1. The molecule has 3 aromatic rings. The summed E-state index contributed by atoms with van der Waals surface area (Å²) in [5, 5.41) is 11.1. The third-order valence-electron chi connectivity index (χ3n) is 4.37. The van der Waals surface area contributed by atoms with Crippen molar-refractivity contribution in [3.8, 4) is 11.3 Å². The first kappa shape index (κ1) is 14.7. The number of likely N-dealkylation sites (tertiary alicyclic amines) is 1. The molecule has 4 rings (SSSR count). The molecule has 1 saturated heterocycles. The van der Waals surface area contributed by atoms with E-state index in [-0.39, 0.29) is 11.9 Å². The average Bonchev–Trinajstić information content (AvgIpc) is 3.35. The van der Waals surface area contributed by atoms with Crippen LogP contribution in [-0.4, -0.2) is 32.7 Å². The first-order chi connectivity index (χ1) is 11.7. The van der Waals surface area contributed by atoms with Crippen LogP contribution < -0.4 is 0 Å². The third kappa shape index (κ3) is 2.60. The van der Waals surface area contributed by atoms with Crippen molar-refractivity contribution < 1.29 is 9.32 Å². The minimum Gasteiger partial charge on any atom is -0.359 e. The summed E-state index contributed by atoms with van der Waals surface area (Å²) in [6.45, 7) is 2.60. The number of carbonyl (C=O) groups is 1. The van der Waals surface area contributed by atoms with Crippen molar-refractivity contribution in [1.29, 1.82) is 0 Å². The number of hydrogen-bond donors (Lipinski definition) is 1. The molecule has 0 bridgehead atoms. The van der Waals surface area contributed by atoms with E-state index in [1.54, 1.807) is 6.07 Å². The number of H-pyrrole nitrogens is 1. The molecule has 2 aromatic heterocycles. The fraction of sp³-hybridized carbons (Fsp3) is 0.278. The van der Waals surface area contributed by atoms with Gasteiger partial charge in [-0.1, -0.05) is 35.5 Å². The topological polar surface area (TPSA) is 75.0 Å². The van der Waals surface area contributed by atoms with Gasteiger partial charge in [0.25, 0.3) is 5.91 Å². The van der Waals surface area contributed by atoms with Crippen LogP contribution in [0.3, 0.4) is 0 Å². The minimum atomic E-state index is -0.0544. The summed E-state index contributed by atoms with van der Waals surface area (Å²) in [7, 11) is 0. The van der Waals surface area contributed by atoms with E-state index >= 15 is 0 Å². The Hall–Kier alpha value is -2.89. The van der Waals surface area contributed by atoms with Crippen molar-refractivity contribution in [2.75, 3.05) is 6.54 Å². The van der Waals surface area contributed by atoms with Crippen molar-refractivity contribution in [2.24, 2.45) is 0 Å². The zero-order chi connectivity index (χ0) is 16.5. The molecular weight excluding hydrogens is 304 g/mol.